The molecule has 4 aromatic rings. The maximum absolute atomic E-state index is 2.42. The molecule has 2 heteroatoms. The van der Waals surface area contributed by atoms with Gasteiger partial charge in [-0.25, -0.2) is 9.13 Å². The van der Waals surface area contributed by atoms with E-state index in [1.807, 2.05) is 0 Å². The van der Waals surface area contributed by atoms with Crippen LogP contribution in [0, 0.1) is 0 Å². The zero-order valence-corrected chi connectivity index (χ0v) is 15.8. The second kappa shape index (κ2) is 8.68. The summed E-state index contributed by atoms with van der Waals surface area (Å²) in [5, 5.41) is 0. The molecule has 0 amide bonds. The molecule has 0 saturated carbocycles. The van der Waals surface area contributed by atoms with Crippen molar-refractivity contribution in [3.05, 3.63) is 102 Å². The Morgan fingerprint density at radius 1 is 0.630 bits per heavy atom. The van der Waals surface area contributed by atoms with Crippen LogP contribution >= 0.6 is 0 Å². The van der Waals surface area contributed by atoms with Gasteiger partial charge in [-0.1, -0.05) is 72.8 Å². The Labute approximate surface area is 161 Å². The van der Waals surface area contributed by atoms with Crippen LogP contribution in [0.3, 0.4) is 0 Å². The summed E-state index contributed by atoms with van der Waals surface area (Å²) in [6.07, 6.45) is 6.88. The van der Waals surface area contributed by atoms with E-state index in [-0.39, 0.29) is 0 Å². The number of hydrogen-bond donors (Lipinski definition) is 0. The van der Waals surface area contributed by atoms with Gasteiger partial charge in [0.1, 0.15) is 0 Å². The van der Waals surface area contributed by atoms with Crippen molar-refractivity contribution in [3.8, 4) is 0 Å². The SMILES string of the molecule is c1ccc(CCCn2c[n+](CCCc3ccccc3)c3ccccc32)cc1. The minimum Gasteiger partial charge on any atom is -0.230 e. The largest absolute Gasteiger partial charge is 0.244 e. The topological polar surface area (TPSA) is 8.81 Å². The van der Waals surface area contributed by atoms with Crippen LogP contribution < -0.4 is 4.57 Å². The number of imidazole rings is 1. The number of nitrogens with zero attached hydrogens (tertiary/aromatic N) is 2. The number of aryl methyl sites for hydroxylation is 4. The van der Waals surface area contributed by atoms with Crippen molar-refractivity contribution < 1.29 is 4.57 Å². The van der Waals surface area contributed by atoms with Crippen molar-refractivity contribution in [1.29, 1.82) is 0 Å². The summed E-state index contributed by atoms with van der Waals surface area (Å²) in [6.45, 7) is 2.11. The Hall–Kier alpha value is -2.87. The zero-order chi connectivity index (χ0) is 18.3. The van der Waals surface area contributed by atoms with E-state index in [4.69, 9.17) is 0 Å². The predicted octanol–water partition coefficient (Wildman–Crippen LogP) is 5.19. The number of hydrogen-bond acceptors (Lipinski definition) is 0. The van der Waals surface area contributed by atoms with Crippen LogP contribution in [0.4, 0.5) is 0 Å². The summed E-state index contributed by atoms with van der Waals surface area (Å²) in [4.78, 5) is 0. The van der Waals surface area contributed by atoms with Gasteiger partial charge in [-0.3, -0.25) is 0 Å². The van der Waals surface area contributed by atoms with Crippen LogP contribution in [0.25, 0.3) is 11.0 Å². The molecule has 0 radical (unpaired) electrons. The molecular formula is C25H27N2+. The van der Waals surface area contributed by atoms with Gasteiger partial charge in [0, 0.05) is 0 Å². The van der Waals surface area contributed by atoms with Gasteiger partial charge in [0.2, 0.25) is 6.33 Å². The minimum atomic E-state index is 1.06. The summed E-state index contributed by atoms with van der Waals surface area (Å²) in [7, 11) is 0. The lowest BCUT2D eigenvalue weighted by Gasteiger charge is -2.00. The predicted molar refractivity (Wildman–Crippen MR) is 112 cm³/mol. The van der Waals surface area contributed by atoms with E-state index in [1.54, 1.807) is 0 Å². The van der Waals surface area contributed by atoms with E-state index in [0.717, 1.165) is 38.8 Å². The molecule has 2 nitrogen and oxygen atoms in total. The molecule has 0 atom stereocenters. The Bertz CT molecular complexity index is 892. The van der Waals surface area contributed by atoms with Gasteiger partial charge in [-0.05, 0) is 48.9 Å². The maximum Gasteiger partial charge on any atom is 0.244 e. The molecule has 0 aliphatic carbocycles. The monoisotopic (exact) mass is 355 g/mol. The van der Waals surface area contributed by atoms with Crippen LogP contribution in [0.15, 0.2) is 91.3 Å². The lowest BCUT2D eigenvalue weighted by Crippen LogP contribution is -2.32. The molecule has 0 fully saturated rings. The molecule has 0 bridgehead atoms. The smallest absolute Gasteiger partial charge is 0.230 e. The van der Waals surface area contributed by atoms with Crippen LogP contribution in [-0.4, -0.2) is 4.57 Å². The van der Waals surface area contributed by atoms with E-state index in [2.05, 4.69) is 100 Å². The number of rotatable bonds is 8. The van der Waals surface area contributed by atoms with E-state index >= 15 is 0 Å². The highest BCUT2D eigenvalue weighted by Gasteiger charge is 2.14. The van der Waals surface area contributed by atoms with Crippen LogP contribution in [0.5, 0.6) is 0 Å². The molecule has 4 rings (SSSR count). The van der Waals surface area contributed by atoms with E-state index in [9.17, 15) is 0 Å². The maximum atomic E-state index is 2.42. The van der Waals surface area contributed by atoms with Gasteiger partial charge in [0.05, 0.1) is 13.1 Å². The van der Waals surface area contributed by atoms with Crippen molar-refractivity contribution >= 4 is 11.0 Å². The van der Waals surface area contributed by atoms with Crippen molar-refractivity contribution in [1.82, 2.24) is 4.57 Å². The number of fused-ring (bicyclic) bond motifs is 1. The highest BCUT2D eigenvalue weighted by atomic mass is 15.1. The summed E-state index contributed by atoms with van der Waals surface area (Å²) >= 11 is 0. The molecule has 3 aromatic carbocycles. The quantitative estimate of drug-likeness (QED) is 0.384. The third-order valence-electron chi connectivity index (χ3n) is 5.19. The molecule has 136 valence electrons. The van der Waals surface area contributed by atoms with Gasteiger partial charge in [0.25, 0.3) is 0 Å². The normalized spacial score (nSPS) is 11.1. The van der Waals surface area contributed by atoms with E-state index < -0.39 is 0 Å². The highest BCUT2D eigenvalue weighted by Crippen LogP contribution is 2.13. The Morgan fingerprint density at radius 3 is 1.93 bits per heavy atom. The molecule has 0 unspecified atom stereocenters. The number of para-hydroxylation sites is 2. The van der Waals surface area contributed by atoms with Gasteiger partial charge in [-0.15, -0.1) is 0 Å². The molecule has 27 heavy (non-hydrogen) atoms. The van der Waals surface area contributed by atoms with Crippen LogP contribution in [0.1, 0.15) is 24.0 Å². The standard InChI is InChI=1S/C25H27N2/c1-3-11-22(12-4-1)15-9-19-26-21-27(25-18-8-7-17-24(25)26)20-10-16-23-13-5-2-6-14-23/h1-8,11-14,17-18,21H,9-10,15-16,19-20H2/q+1. The Kier molecular flexibility index (Phi) is 5.64. The first-order chi connectivity index (χ1) is 13.4. The fraction of sp³-hybridized carbons (Fsp3) is 0.240. The van der Waals surface area contributed by atoms with E-state index in [1.165, 1.54) is 22.2 Å². The second-order valence-corrected chi connectivity index (χ2v) is 7.17. The van der Waals surface area contributed by atoms with Crippen molar-refractivity contribution in [2.75, 3.05) is 0 Å². The first-order valence-electron chi connectivity index (χ1n) is 9.95. The van der Waals surface area contributed by atoms with Gasteiger partial charge in [0.15, 0.2) is 11.0 Å². The Morgan fingerprint density at radius 2 is 1.22 bits per heavy atom. The van der Waals surface area contributed by atoms with Crippen LogP contribution in [0.2, 0.25) is 0 Å². The molecule has 1 aromatic heterocycles. The minimum absolute atomic E-state index is 1.06. The summed E-state index contributed by atoms with van der Waals surface area (Å²) in [5.41, 5.74) is 5.52. The molecular weight excluding hydrogens is 328 g/mol. The molecule has 0 spiro atoms. The first-order valence-corrected chi connectivity index (χ1v) is 9.95. The second-order valence-electron chi connectivity index (χ2n) is 7.17. The van der Waals surface area contributed by atoms with Crippen LogP contribution in [-0.2, 0) is 25.9 Å². The summed E-state index contributed by atoms with van der Waals surface area (Å²) in [5.74, 6) is 0. The third kappa shape index (κ3) is 4.46. The van der Waals surface area contributed by atoms with Gasteiger partial charge in [-0.2, -0.15) is 0 Å². The molecule has 1 heterocycles. The first kappa shape index (κ1) is 17.5. The van der Waals surface area contributed by atoms with Gasteiger partial charge >= 0.3 is 0 Å². The van der Waals surface area contributed by atoms with Crippen molar-refractivity contribution in [2.45, 2.75) is 38.8 Å². The molecule has 0 aliphatic heterocycles. The fourth-order valence-electron chi connectivity index (χ4n) is 3.80. The average molecular weight is 356 g/mol. The lowest BCUT2D eigenvalue weighted by atomic mass is 10.1. The summed E-state index contributed by atoms with van der Waals surface area (Å²) < 4.78 is 4.83. The molecule has 0 saturated heterocycles. The average Bonchev–Trinajstić information content (AvgIpc) is 3.08. The highest BCUT2D eigenvalue weighted by molar-refractivity contribution is 5.71. The van der Waals surface area contributed by atoms with Crippen molar-refractivity contribution in [3.63, 3.8) is 0 Å². The van der Waals surface area contributed by atoms with Gasteiger partial charge < -0.3 is 0 Å². The lowest BCUT2D eigenvalue weighted by molar-refractivity contribution is -0.672. The number of aromatic nitrogens is 2. The molecule has 0 aliphatic rings. The Balaban J connectivity index is 1.42. The summed E-state index contributed by atoms with van der Waals surface area (Å²) in [6, 6.07) is 30.3. The third-order valence-corrected chi connectivity index (χ3v) is 5.19. The van der Waals surface area contributed by atoms with E-state index in [0.29, 0.717) is 0 Å². The molecule has 0 N–H and O–H groups in total. The fourth-order valence-corrected chi connectivity index (χ4v) is 3.80. The number of benzene rings is 3. The van der Waals surface area contributed by atoms with Crippen molar-refractivity contribution in [2.24, 2.45) is 0 Å². The zero-order valence-electron chi connectivity index (χ0n) is 15.8.